The molecule has 1 aliphatic rings. The molecule has 164 valence electrons. The zero-order valence-corrected chi connectivity index (χ0v) is 17.2. The van der Waals surface area contributed by atoms with E-state index in [9.17, 15) is 22.8 Å². The lowest BCUT2D eigenvalue weighted by Gasteiger charge is -2.26. The summed E-state index contributed by atoms with van der Waals surface area (Å²) in [7, 11) is 0. The SMILES string of the molecule is CC(=O)NCc1cnc(C2=CCN(C(=O)Nc3ccc(C(F)(F)F)cn3)CC2)c(Cl)c1. The molecule has 0 saturated heterocycles. The Bertz CT molecular complexity index is 1010. The topological polar surface area (TPSA) is 87.2 Å². The summed E-state index contributed by atoms with van der Waals surface area (Å²) < 4.78 is 37.8. The van der Waals surface area contributed by atoms with Crippen molar-refractivity contribution in [3.05, 3.63) is 58.5 Å². The number of nitrogens with one attached hydrogen (secondary N) is 2. The molecular weight excluding hydrogens is 435 g/mol. The zero-order chi connectivity index (χ0) is 22.6. The van der Waals surface area contributed by atoms with Gasteiger partial charge >= 0.3 is 12.2 Å². The quantitative estimate of drug-likeness (QED) is 0.729. The van der Waals surface area contributed by atoms with Crippen LogP contribution in [0.2, 0.25) is 5.02 Å². The van der Waals surface area contributed by atoms with Gasteiger partial charge < -0.3 is 10.2 Å². The lowest BCUT2D eigenvalue weighted by atomic mass is 10.0. The minimum absolute atomic E-state index is 0.0345. The lowest BCUT2D eigenvalue weighted by Crippen LogP contribution is -2.38. The van der Waals surface area contributed by atoms with Gasteiger partial charge in [0.15, 0.2) is 0 Å². The van der Waals surface area contributed by atoms with Crippen LogP contribution in [0.5, 0.6) is 0 Å². The number of carbonyl (C=O) groups excluding carboxylic acids is 2. The van der Waals surface area contributed by atoms with E-state index in [-0.39, 0.29) is 18.3 Å². The highest BCUT2D eigenvalue weighted by atomic mass is 35.5. The standard InChI is InChI=1S/C20H19ClF3N5O2/c1-12(30)25-9-13-8-16(21)18(27-10-13)14-4-6-29(7-5-14)19(31)28-17-3-2-15(11-26-17)20(22,23)24/h2-4,8,10-11H,5-7,9H2,1H3,(H,25,30)(H,26,28,31). The number of hydrogen-bond acceptors (Lipinski definition) is 4. The maximum absolute atomic E-state index is 12.6. The number of halogens is 4. The average molecular weight is 454 g/mol. The molecule has 0 fully saturated rings. The van der Waals surface area contributed by atoms with Crippen LogP contribution in [0.4, 0.5) is 23.8 Å². The van der Waals surface area contributed by atoms with Crippen molar-refractivity contribution in [3.63, 3.8) is 0 Å². The molecule has 0 radical (unpaired) electrons. The molecule has 0 bridgehead atoms. The van der Waals surface area contributed by atoms with Gasteiger partial charge in [-0.2, -0.15) is 13.2 Å². The van der Waals surface area contributed by atoms with Crippen molar-refractivity contribution >= 4 is 34.9 Å². The second kappa shape index (κ2) is 9.34. The predicted octanol–water partition coefficient (Wildman–Crippen LogP) is 4.11. The number of carbonyl (C=O) groups is 2. The number of amides is 3. The molecule has 0 aromatic carbocycles. The van der Waals surface area contributed by atoms with Crippen LogP contribution in [0, 0.1) is 0 Å². The Labute approximate surface area is 181 Å². The van der Waals surface area contributed by atoms with Crippen molar-refractivity contribution in [1.82, 2.24) is 20.2 Å². The summed E-state index contributed by atoms with van der Waals surface area (Å²) in [6, 6.07) is 3.24. The van der Waals surface area contributed by atoms with Gasteiger partial charge in [-0.15, -0.1) is 0 Å². The number of urea groups is 1. The molecule has 1 aliphatic heterocycles. The van der Waals surface area contributed by atoms with Gasteiger partial charge in [-0.25, -0.2) is 9.78 Å². The van der Waals surface area contributed by atoms with E-state index >= 15 is 0 Å². The zero-order valence-electron chi connectivity index (χ0n) is 16.5. The lowest BCUT2D eigenvalue weighted by molar-refractivity contribution is -0.137. The molecule has 2 aromatic heterocycles. The predicted molar refractivity (Wildman–Crippen MR) is 109 cm³/mol. The molecule has 7 nitrogen and oxygen atoms in total. The molecule has 3 heterocycles. The molecule has 31 heavy (non-hydrogen) atoms. The van der Waals surface area contributed by atoms with E-state index < -0.39 is 17.8 Å². The van der Waals surface area contributed by atoms with Crippen LogP contribution >= 0.6 is 11.6 Å². The summed E-state index contributed by atoms with van der Waals surface area (Å²) in [4.78, 5) is 32.9. The summed E-state index contributed by atoms with van der Waals surface area (Å²) in [5.41, 5.74) is 1.37. The van der Waals surface area contributed by atoms with Gasteiger partial charge in [0.25, 0.3) is 0 Å². The van der Waals surface area contributed by atoms with E-state index in [1.807, 2.05) is 6.08 Å². The molecule has 11 heteroatoms. The van der Waals surface area contributed by atoms with E-state index in [1.54, 1.807) is 12.3 Å². The smallest absolute Gasteiger partial charge is 0.352 e. The Balaban J connectivity index is 1.60. The normalized spacial score (nSPS) is 14.1. The summed E-state index contributed by atoms with van der Waals surface area (Å²) >= 11 is 6.33. The number of anilines is 1. The Morgan fingerprint density at radius 3 is 2.55 bits per heavy atom. The fourth-order valence-electron chi connectivity index (χ4n) is 2.93. The third-order valence-corrected chi connectivity index (χ3v) is 4.85. The second-order valence-corrected chi connectivity index (χ2v) is 7.28. The highest BCUT2D eigenvalue weighted by Gasteiger charge is 2.30. The van der Waals surface area contributed by atoms with Crippen molar-refractivity contribution < 1.29 is 22.8 Å². The first kappa shape index (κ1) is 22.5. The minimum Gasteiger partial charge on any atom is -0.352 e. The van der Waals surface area contributed by atoms with E-state index in [2.05, 4.69) is 20.6 Å². The van der Waals surface area contributed by atoms with Crippen LogP contribution in [0.15, 0.2) is 36.7 Å². The molecule has 0 aliphatic carbocycles. The average Bonchev–Trinajstić information content (AvgIpc) is 2.72. The first-order valence-electron chi connectivity index (χ1n) is 9.31. The second-order valence-electron chi connectivity index (χ2n) is 6.87. The van der Waals surface area contributed by atoms with Crippen molar-refractivity contribution in [2.45, 2.75) is 26.1 Å². The van der Waals surface area contributed by atoms with Crippen molar-refractivity contribution in [2.24, 2.45) is 0 Å². The van der Waals surface area contributed by atoms with Gasteiger partial charge in [0.2, 0.25) is 5.91 Å². The molecule has 2 N–H and O–H groups in total. The number of rotatable bonds is 4. The van der Waals surface area contributed by atoms with Crippen LogP contribution in [-0.4, -0.2) is 39.9 Å². The van der Waals surface area contributed by atoms with Crippen LogP contribution in [0.3, 0.4) is 0 Å². The Kier molecular flexibility index (Phi) is 6.79. The summed E-state index contributed by atoms with van der Waals surface area (Å²) in [5.74, 6) is -0.118. The molecular formula is C20H19ClF3N5O2. The monoisotopic (exact) mass is 453 g/mol. The van der Waals surface area contributed by atoms with Gasteiger partial charge in [0, 0.05) is 39.0 Å². The first-order valence-corrected chi connectivity index (χ1v) is 9.68. The van der Waals surface area contributed by atoms with Crippen LogP contribution in [0.25, 0.3) is 5.57 Å². The molecule has 2 aromatic rings. The van der Waals surface area contributed by atoms with Crippen LogP contribution in [0.1, 0.15) is 30.2 Å². The van der Waals surface area contributed by atoms with Crippen LogP contribution in [-0.2, 0) is 17.5 Å². The number of alkyl halides is 3. The maximum atomic E-state index is 12.6. The minimum atomic E-state index is -4.49. The summed E-state index contributed by atoms with van der Waals surface area (Å²) in [5, 5.41) is 5.61. The van der Waals surface area contributed by atoms with E-state index in [4.69, 9.17) is 11.6 Å². The van der Waals surface area contributed by atoms with E-state index in [1.165, 1.54) is 11.8 Å². The number of hydrogen-bond donors (Lipinski definition) is 2. The Morgan fingerprint density at radius 1 is 1.23 bits per heavy atom. The highest BCUT2D eigenvalue weighted by molar-refractivity contribution is 6.32. The maximum Gasteiger partial charge on any atom is 0.417 e. The third-order valence-electron chi connectivity index (χ3n) is 4.57. The Morgan fingerprint density at radius 2 is 2.00 bits per heavy atom. The van der Waals surface area contributed by atoms with Crippen molar-refractivity contribution in [3.8, 4) is 0 Å². The van der Waals surface area contributed by atoms with Crippen molar-refractivity contribution in [2.75, 3.05) is 18.4 Å². The number of nitrogens with zero attached hydrogens (tertiary/aromatic N) is 3. The fraction of sp³-hybridized carbons (Fsp3) is 0.300. The Hall–Kier alpha value is -3.14. The summed E-state index contributed by atoms with van der Waals surface area (Å²) in [6.45, 7) is 2.41. The molecule has 0 unspecified atom stereocenters. The van der Waals surface area contributed by atoms with Crippen LogP contribution < -0.4 is 10.6 Å². The third kappa shape index (κ3) is 5.94. The van der Waals surface area contributed by atoms with Gasteiger partial charge in [-0.05, 0) is 35.8 Å². The summed E-state index contributed by atoms with van der Waals surface area (Å²) in [6.07, 6.45) is 0.151. The highest BCUT2D eigenvalue weighted by Crippen LogP contribution is 2.29. The largest absolute Gasteiger partial charge is 0.417 e. The molecule has 0 spiro atoms. The van der Waals surface area contributed by atoms with Crippen molar-refractivity contribution in [1.29, 1.82) is 0 Å². The number of pyridine rings is 2. The van der Waals surface area contributed by atoms with E-state index in [0.29, 0.717) is 36.4 Å². The van der Waals surface area contributed by atoms with Gasteiger partial charge in [0.1, 0.15) is 5.82 Å². The first-order chi connectivity index (χ1) is 14.6. The van der Waals surface area contributed by atoms with Gasteiger partial charge in [-0.1, -0.05) is 17.7 Å². The molecule has 0 saturated carbocycles. The van der Waals surface area contributed by atoms with Gasteiger partial charge in [-0.3, -0.25) is 15.1 Å². The molecule has 3 amide bonds. The number of aromatic nitrogens is 2. The molecule has 0 atom stereocenters. The van der Waals surface area contributed by atoms with E-state index in [0.717, 1.165) is 23.3 Å². The fourth-order valence-corrected chi connectivity index (χ4v) is 3.24. The molecule has 3 rings (SSSR count). The van der Waals surface area contributed by atoms with Gasteiger partial charge in [0.05, 0.1) is 16.3 Å².